The Balaban J connectivity index is 1.28. The maximum atomic E-state index is 12.6. The molecule has 1 N–H and O–H groups in total. The van der Waals surface area contributed by atoms with Crippen molar-refractivity contribution in [2.75, 3.05) is 0 Å². The fourth-order valence-corrected chi connectivity index (χ4v) is 9.12. The van der Waals surface area contributed by atoms with Gasteiger partial charge in [-0.3, -0.25) is 9.55 Å². The lowest BCUT2D eigenvalue weighted by Crippen LogP contribution is -2.17. The normalized spacial score (nSPS) is 12.4. The average molecular weight is 850 g/mol. The third kappa shape index (κ3) is 7.59. The van der Waals surface area contributed by atoms with Crippen molar-refractivity contribution in [1.82, 2.24) is 14.5 Å². The summed E-state index contributed by atoms with van der Waals surface area (Å²) in [4.78, 5) is 10.7. The van der Waals surface area contributed by atoms with Gasteiger partial charge in [-0.05, 0) is 98.2 Å². The quantitative estimate of drug-likeness (QED) is 0.181. The smallest absolute Gasteiger partial charge is 0.149 e. The zero-order valence-corrected chi connectivity index (χ0v) is 38.8. The summed E-state index contributed by atoms with van der Waals surface area (Å²) in [5.41, 5.74) is 15.9. The van der Waals surface area contributed by atoms with Gasteiger partial charge in [-0.25, -0.2) is 4.98 Å². The van der Waals surface area contributed by atoms with Crippen LogP contribution in [0.5, 0.6) is 5.75 Å². The number of furan rings is 1. The molecule has 5 heteroatoms. The van der Waals surface area contributed by atoms with E-state index >= 15 is 0 Å². The van der Waals surface area contributed by atoms with Gasteiger partial charge < -0.3 is 9.52 Å². The van der Waals surface area contributed by atoms with Crippen LogP contribution in [0.25, 0.3) is 94.7 Å². The number of para-hydroxylation sites is 2. The molecule has 0 aliphatic rings. The highest BCUT2D eigenvalue weighted by Crippen LogP contribution is 2.46. The number of fused-ring (bicyclic) bond motifs is 4. The Kier molecular flexibility index (Phi) is 9.95. The van der Waals surface area contributed by atoms with Crippen LogP contribution in [-0.4, -0.2) is 19.6 Å². The number of phenolic OH excluding ortho intramolecular Hbond substituents is 1. The topological polar surface area (TPSA) is 64.1 Å². The number of rotatable bonds is 6. The van der Waals surface area contributed by atoms with Crippen LogP contribution in [0, 0.1) is 0 Å². The maximum Gasteiger partial charge on any atom is 0.149 e. The van der Waals surface area contributed by atoms with Gasteiger partial charge in [0.1, 0.15) is 22.7 Å². The van der Waals surface area contributed by atoms with Crippen molar-refractivity contribution in [1.29, 1.82) is 0 Å². The van der Waals surface area contributed by atoms with E-state index < -0.39 is 0 Å². The number of nitrogens with zero attached hydrogens (tertiary/aromatic N) is 3. The molecule has 0 bridgehead atoms. The Labute approximate surface area is 382 Å². The predicted molar refractivity (Wildman–Crippen MR) is 271 cm³/mol. The first kappa shape index (κ1) is 41.8. The monoisotopic (exact) mass is 849 g/mol. The van der Waals surface area contributed by atoms with E-state index in [1.54, 1.807) is 0 Å². The first-order valence-electron chi connectivity index (χ1n) is 22.6. The van der Waals surface area contributed by atoms with Crippen LogP contribution in [0.4, 0.5) is 0 Å². The first-order chi connectivity index (χ1) is 31.0. The van der Waals surface area contributed by atoms with Crippen LogP contribution in [0.2, 0.25) is 0 Å². The summed E-state index contributed by atoms with van der Waals surface area (Å²) < 4.78 is 8.64. The van der Waals surface area contributed by atoms with Gasteiger partial charge >= 0.3 is 0 Å². The summed E-state index contributed by atoms with van der Waals surface area (Å²) in [7, 11) is 0. The van der Waals surface area contributed by atoms with E-state index in [9.17, 15) is 5.11 Å². The highest BCUT2D eigenvalue weighted by atomic mass is 16.3. The minimum absolute atomic E-state index is 0.0821. The van der Waals surface area contributed by atoms with E-state index in [-0.39, 0.29) is 22.0 Å². The Morgan fingerprint density at radius 3 is 1.83 bits per heavy atom. The van der Waals surface area contributed by atoms with Gasteiger partial charge in [0.05, 0.1) is 28.0 Å². The summed E-state index contributed by atoms with van der Waals surface area (Å²) in [6.07, 6.45) is 1.93. The van der Waals surface area contributed by atoms with E-state index in [0.29, 0.717) is 11.4 Å². The summed E-state index contributed by atoms with van der Waals surface area (Å²) in [5, 5.41) is 14.6. The largest absolute Gasteiger partial charge is 0.507 e. The number of aromatic hydroxyl groups is 1. The molecule has 0 radical (unpaired) electrons. The summed E-state index contributed by atoms with van der Waals surface area (Å²) in [6, 6.07) is 55.6. The molecule has 0 unspecified atom stereocenters. The SMILES string of the molecule is CC(C)(C)c1ccc(-n2c(-c3cc(C(C)(C)C)cc(C(C)(C)C)c3O)nc3c(-c4cc(-c5ccccc5)cc(-c5cc6oc7ccccc7c6cn5)c4)cccc32)c(-c2ccccc2)c1. The van der Waals surface area contributed by atoms with Crippen molar-refractivity contribution in [3.63, 3.8) is 0 Å². The molecule has 3 aromatic heterocycles. The lowest BCUT2D eigenvalue weighted by Gasteiger charge is -2.28. The van der Waals surface area contributed by atoms with Crippen molar-refractivity contribution in [2.24, 2.45) is 0 Å². The molecule has 0 atom stereocenters. The minimum Gasteiger partial charge on any atom is -0.507 e. The number of aromatic nitrogens is 3. The number of imidazole rings is 1. The van der Waals surface area contributed by atoms with Crippen LogP contribution in [0.3, 0.4) is 0 Å². The molecule has 65 heavy (non-hydrogen) atoms. The second-order valence-electron chi connectivity index (χ2n) is 20.5. The van der Waals surface area contributed by atoms with Crippen LogP contribution in [0.15, 0.2) is 168 Å². The van der Waals surface area contributed by atoms with Gasteiger partial charge in [0.25, 0.3) is 0 Å². The fourth-order valence-electron chi connectivity index (χ4n) is 9.12. The molecule has 0 saturated heterocycles. The van der Waals surface area contributed by atoms with Gasteiger partial charge in [0, 0.05) is 45.3 Å². The van der Waals surface area contributed by atoms with Crippen molar-refractivity contribution in [3.05, 3.63) is 181 Å². The third-order valence-electron chi connectivity index (χ3n) is 12.8. The molecule has 0 fully saturated rings. The van der Waals surface area contributed by atoms with Crippen molar-refractivity contribution < 1.29 is 9.52 Å². The molecule has 0 spiro atoms. The highest BCUT2D eigenvalue weighted by Gasteiger charge is 2.30. The van der Waals surface area contributed by atoms with Gasteiger partial charge in [0.15, 0.2) is 0 Å². The summed E-state index contributed by atoms with van der Waals surface area (Å²) in [5.74, 6) is 0.926. The second kappa shape index (κ2) is 15.5. The average Bonchev–Trinajstić information content (AvgIpc) is 3.87. The Bertz CT molecular complexity index is 3430. The molecule has 7 aromatic carbocycles. The Morgan fingerprint density at radius 1 is 0.477 bits per heavy atom. The van der Waals surface area contributed by atoms with Crippen molar-refractivity contribution >= 4 is 33.0 Å². The maximum absolute atomic E-state index is 12.6. The molecule has 5 nitrogen and oxygen atoms in total. The number of hydrogen-bond acceptors (Lipinski definition) is 4. The zero-order valence-electron chi connectivity index (χ0n) is 38.8. The molecule has 10 aromatic rings. The fraction of sp³-hybridized carbons (Fsp3) is 0.200. The minimum atomic E-state index is -0.334. The molecule has 3 heterocycles. The Morgan fingerprint density at radius 2 is 1.12 bits per heavy atom. The van der Waals surface area contributed by atoms with Gasteiger partial charge in [-0.15, -0.1) is 0 Å². The summed E-state index contributed by atoms with van der Waals surface area (Å²) >= 11 is 0. The van der Waals surface area contributed by atoms with E-state index in [2.05, 4.69) is 200 Å². The van der Waals surface area contributed by atoms with Crippen LogP contribution < -0.4 is 0 Å². The van der Waals surface area contributed by atoms with E-state index in [4.69, 9.17) is 14.4 Å². The number of hydrogen-bond donors (Lipinski definition) is 1. The van der Waals surface area contributed by atoms with Crippen molar-refractivity contribution in [3.8, 4) is 67.5 Å². The van der Waals surface area contributed by atoms with E-state index in [0.717, 1.165) is 94.4 Å². The molecule has 322 valence electrons. The second-order valence-corrected chi connectivity index (χ2v) is 20.5. The molecular weight excluding hydrogens is 795 g/mol. The van der Waals surface area contributed by atoms with Crippen LogP contribution >= 0.6 is 0 Å². The van der Waals surface area contributed by atoms with Gasteiger partial charge in [0.2, 0.25) is 0 Å². The molecule has 0 aliphatic carbocycles. The lowest BCUT2D eigenvalue weighted by atomic mass is 9.79. The molecular formula is C60H55N3O2. The van der Waals surface area contributed by atoms with E-state index in [1.165, 1.54) is 5.56 Å². The number of benzene rings is 7. The highest BCUT2D eigenvalue weighted by molar-refractivity contribution is 6.05. The standard InChI is InChI=1S/C60H55N3O2/c1-58(2,3)42-27-28-51(46(32-42)38-21-14-11-15-22-38)63-52-25-18-24-44(55(52)62-57(63)47-33-43(59(4,5)6)34-49(56(47)64)60(7,8)9)40-29-39(37-19-12-10-13-20-37)30-41(31-40)50-35-54-48(36-61-50)45-23-16-17-26-53(45)65-54/h10-36,64H,1-9H3. The lowest BCUT2D eigenvalue weighted by molar-refractivity contribution is 0.446. The third-order valence-corrected chi connectivity index (χ3v) is 12.8. The molecule has 0 amide bonds. The van der Waals surface area contributed by atoms with Gasteiger partial charge in [-0.1, -0.05) is 165 Å². The van der Waals surface area contributed by atoms with E-state index in [1.807, 2.05) is 30.5 Å². The molecule has 0 saturated carbocycles. The van der Waals surface area contributed by atoms with Crippen molar-refractivity contribution in [2.45, 2.75) is 78.6 Å². The first-order valence-corrected chi connectivity index (χ1v) is 22.6. The Hall–Kier alpha value is -7.24. The van der Waals surface area contributed by atoms with Gasteiger partial charge in [-0.2, -0.15) is 0 Å². The molecule has 10 rings (SSSR count). The van der Waals surface area contributed by atoms with Crippen LogP contribution in [0.1, 0.15) is 79.0 Å². The van der Waals surface area contributed by atoms with Crippen LogP contribution in [-0.2, 0) is 16.2 Å². The summed E-state index contributed by atoms with van der Waals surface area (Å²) in [6.45, 7) is 19.9. The zero-order chi connectivity index (χ0) is 45.4. The molecule has 0 aliphatic heterocycles. The number of phenols is 1. The predicted octanol–water partition coefficient (Wildman–Crippen LogP) is 16.3. The number of pyridine rings is 1.